The van der Waals surface area contributed by atoms with Crippen LogP contribution in [0.3, 0.4) is 0 Å². The highest BCUT2D eigenvalue weighted by Crippen LogP contribution is 2.47. The summed E-state index contributed by atoms with van der Waals surface area (Å²) in [7, 11) is 0. The average Bonchev–Trinajstić information content (AvgIpc) is 3.02. The van der Waals surface area contributed by atoms with Crippen LogP contribution in [0.5, 0.6) is 0 Å². The molecule has 1 aromatic rings. The predicted octanol–water partition coefficient (Wildman–Crippen LogP) is 4.00. The number of benzene rings is 1. The third-order valence-corrected chi connectivity index (χ3v) is 5.96. The Bertz CT molecular complexity index is 808. The molecule has 2 aliphatic carbocycles. The first-order valence-corrected chi connectivity index (χ1v) is 9.20. The lowest BCUT2D eigenvalue weighted by molar-refractivity contribution is 0.422. The van der Waals surface area contributed by atoms with Crippen molar-refractivity contribution >= 4 is 0 Å². The summed E-state index contributed by atoms with van der Waals surface area (Å²) in [6.07, 6.45) is 9.46. The quantitative estimate of drug-likeness (QED) is 0.862. The van der Waals surface area contributed by atoms with Crippen LogP contribution in [0.4, 0.5) is 0 Å². The SMILES string of the molecule is CC1NC(Cc2ccccc2)=CC2=C3CCC=C4NCC(=C43)CC21. The van der Waals surface area contributed by atoms with Gasteiger partial charge in [-0.25, -0.2) is 0 Å². The smallest absolute Gasteiger partial charge is 0.0379 e. The zero-order chi connectivity index (χ0) is 16.1. The fourth-order valence-electron chi connectivity index (χ4n) is 4.85. The lowest BCUT2D eigenvalue weighted by Crippen LogP contribution is -2.40. The molecule has 2 heterocycles. The van der Waals surface area contributed by atoms with E-state index in [1.54, 1.807) is 22.3 Å². The van der Waals surface area contributed by atoms with E-state index in [9.17, 15) is 0 Å². The zero-order valence-corrected chi connectivity index (χ0v) is 14.2. The summed E-state index contributed by atoms with van der Waals surface area (Å²) >= 11 is 0. The maximum absolute atomic E-state index is 3.79. The van der Waals surface area contributed by atoms with E-state index in [2.05, 4.69) is 60.0 Å². The van der Waals surface area contributed by atoms with Crippen LogP contribution in [0.15, 0.2) is 76.2 Å². The van der Waals surface area contributed by atoms with Gasteiger partial charge in [-0.2, -0.15) is 0 Å². The Morgan fingerprint density at radius 1 is 1.17 bits per heavy atom. The summed E-state index contributed by atoms with van der Waals surface area (Å²) in [5, 5.41) is 7.40. The van der Waals surface area contributed by atoms with Crippen molar-refractivity contribution in [3.8, 4) is 0 Å². The Labute approximate surface area is 144 Å². The summed E-state index contributed by atoms with van der Waals surface area (Å²) in [6, 6.07) is 11.3. The molecule has 2 atom stereocenters. The van der Waals surface area contributed by atoms with Crippen molar-refractivity contribution in [1.82, 2.24) is 10.6 Å². The summed E-state index contributed by atoms with van der Waals surface area (Å²) in [6.45, 7) is 3.42. The molecule has 2 unspecified atom stereocenters. The number of nitrogens with one attached hydrogen (secondary N) is 2. The van der Waals surface area contributed by atoms with E-state index in [4.69, 9.17) is 0 Å². The first-order chi connectivity index (χ1) is 11.8. The van der Waals surface area contributed by atoms with Crippen molar-refractivity contribution in [2.75, 3.05) is 6.54 Å². The van der Waals surface area contributed by atoms with Crippen LogP contribution in [0.25, 0.3) is 0 Å². The maximum atomic E-state index is 3.79. The number of hydrogen-bond acceptors (Lipinski definition) is 2. The monoisotopic (exact) mass is 316 g/mol. The highest BCUT2D eigenvalue weighted by molar-refractivity contribution is 5.62. The molecule has 0 fully saturated rings. The Balaban J connectivity index is 1.56. The lowest BCUT2D eigenvalue weighted by atomic mass is 9.71. The van der Waals surface area contributed by atoms with Gasteiger partial charge in [0.25, 0.3) is 0 Å². The Hall–Kier alpha value is -2.22. The molecule has 0 aromatic heterocycles. The third kappa shape index (κ3) is 2.16. The molecular weight excluding hydrogens is 292 g/mol. The van der Waals surface area contributed by atoms with Gasteiger partial charge in [0.05, 0.1) is 0 Å². The van der Waals surface area contributed by atoms with Crippen LogP contribution in [0.2, 0.25) is 0 Å². The van der Waals surface area contributed by atoms with Crippen molar-refractivity contribution < 1.29 is 0 Å². The fourth-order valence-corrected chi connectivity index (χ4v) is 4.85. The number of hydrogen-bond donors (Lipinski definition) is 2. The van der Waals surface area contributed by atoms with E-state index >= 15 is 0 Å². The molecule has 5 rings (SSSR count). The van der Waals surface area contributed by atoms with Crippen LogP contribution >= 0.6 is 0 Å². The molecule has 0 spiro atoms. The largest absolute Gasteiger partial charge is 0.385 e. The van der Waals surface area contributed by atoms with Gasteiger partial charge in [0.2, 0.25) is 0 Å². The predicted molar refractivity (Wildman–Crippen MR) is 98.3 cm³/mol. The number of rotatable bonds is 2. The summed E-state index contributed by atoms with van der Waals surface area (Å²) in [4.78, 5) is 0. The molecule has 2 N–H and O–H groups in total. The highest BCUT2D eigenvalue weighted by Gasteiger charge is 2.37. The highest BCUT2D eigenvalue weighted by atomic mass is 15.0. The van der Waals surface area contributed by atoms with Gasteiger partial charge in [0.1, 0.15) is 0 Å². The van der Waals surface area contributed by atoms with E-state index in [0.29, 0.717) is 12.0 Å². The Morgan fingerprint density at radius 3 is 2.92 bits per heavy atom. The van der Waals surface area contributed by atoms with E-state index < -0.39 is 0 Å². The van der Waals surface area contributed by atoms with Gasteiger partial charge < -0.3 is 10.6 Å². The first-order valence-electron chi connectivity index (χ1n) is 9.20. The molecule has 2 nitrogen and oxygen atoms in total. The van der Waals surface area contributed by atoms with Crippen molar-refractivity contribution in [2.24, 2.45) is 5.92 Å². The Kier molecular flexibility index (Phi) is 3.19. The van der Waals surface area contributed by atoms with E-state index in [1.165, 1.54) is 36.2 Å². The third-order valence-electron chi connectivity index (χ3n) is 5.96. The van der Waals surface area contributed by atoms with Gasteiger partial charge in [-0.1, -0.05) is 36.4 Å². The summed E-state index contributed by atoms with van der Waals surface area (Å²) < 4.78 is 0. The van der Waals surface area contributed by atoms with Gasteiger partial charge >= 0.3 is 0 Å². The molecule has 2 heteroatoms. The molecular formula is C22H24N2. The van der Waals surface area contributed by atoms with E-state index in [-0.39, 0.29) is 0 Å². The van der Waals surface area contributed by atoms with Crippen LogP contribution in [0, 0.1) is 5.92 Å². The average molecular weight is 316 g/mol. The second-order valence-electron chi connectivity index (χ2n) is 7.50. The molecule has 24 heavy (non-hydrogen) atoms. The van der Waals surface area contributed by atoms with Gasteiger partial charge in [-0.05, 0) is 54.5 Å². The minimum atomic E-state index is 0.514. The van der Waals surface area contributed by atoms with Crippen LogP contribution in [-0.2, 0) is 6.42 Å². The first kappa shape index (κ1) is 14.2. The van der Waals surface area contributed by atoms with Crippen LogP contribution < -0.4 is 10.6 Å². The van der Waals surface area contributed by atoms with Crippen molar-refractivity contribution in [3.63, 3.8) is 0 Å². The maximum Gasteiger partial charge on any atom is 0.0379 e. The summed E-state index contributed by atoms with van der Waals surface area (Å²) in [5.74, 6) is 0.637. The van der Waals surface area contributed by atoms with E-state index in [0.717, 1.165) is 13.0 Å². The topological polar surface area (TPSA) is 24.1 Å². The molecule has 1 aromatic carbocycles. The van der Waals surface area contributed by atoms with Gasteiger partial charge in [-0.15, -0.1) is 0 Å². The number of fused-ring (bicyclic) bond motifs is 1. The molecule has 0 saturated carbocycles. The lowest BCUT2D eigenvalue weighted by Gasteiger charge is -2.38. The summed E-state index contributed by atoms with van der Waals surface area (Å²) in [5.41, 5.74) is 10.6. The molecule has 0 amide bonds. The minimum absolute atomic E-state index is 0.514. The Morgan fingerprint density at radius 2 is 2.04 bits per heavy atom. The zero-order valence-electron chi connectivity index (χ0n) is 14.2. The normalized spacial score (nSPS) is 27.7. The van der Waals surface area contributed by atoms with Crippen molar-refractivity contribution in [3.05, 3.63) is 81.7 Å². The molecule has 2 aliphatic heterocycles. The second-order valence-corrected chi connectivity index (χ2v) is 7.50. The molecule has 0 bridgehead atoms. The standard InChI is InChI=1S/C22H24N2/c1-14-19-11-16-13-23-21-9-5-8-18(22(16)21)20(19)12-17(24-14)10-15-6-3-2-4-7-15/h2-4,6-7,9,12,14,19,23-24H,5,8,10-11,13H2,1H3. The van der Waals surface area contributed by atoms with Crippen molar-refractivity contribution in [2.45, 2.75) is 38.6 Å². The van der Waals surface area contributed by atoms with Crippen molar-refractivity contribution in [1.29, 1.82) is 0 Å². The van der Waals surface area contributed by atoms with E-state index in [1.807, 2.05) is 0 Å². The second kappa shape index (κ2) is 5.41. The van der Waals surface area contributed by atoms with Gasteiger partial charge in [0, 0.05) is 41.9 Å². The fraction of sp³-hybridized carbons (Fsp3) is 0.364. The van der Waals surface area contributed by atoms with Gasteiger partial charge in [-0.3, -0.25) is 0 Å². The molecule has 122 valence electrons. The molecule has 0 saturated heterocycles. The van der Waals surface area contributed by atoms with Gasteiger partial charge in [0.15, 0.2) is 0 Å². The number of allylic oxidation sites excluding steroid dienone is 4. The molecule has 0 radical (unpaired) electrons. The molecule has 4 aliphatic rings. The van der Waals surface area contributed by atoms with Crippen LogP contribution in [-0.4, -0.2) is 12.6 Å². The minimum Gasteiger partial charge on any atom is -0.385 e. The van der Waals surface area contributed by atoms with Crippen LogP contribution in [0.1, 0.15) is 31.7 Å².